The van der Waals surface area contributed by atoms with Gasteiger partial charge in [0.05, 0.1) is 28.8 Å². The largest absolute Gasteiger partial charge is 0.292 e. The molecular weight excluding hydrogens is 177 g/mol. The van der Waals surface area contributed by atoms with E-state index in [1.165, 1.54) is 11.1 Å². The van der Waals surface area contributed by atoms with Crippen molar-refractivity contribution in [2.45, 2.75) is 27.7 Å². The number of hydrogen-bond donors (Lipinski definition) is 0. The lowest BCUT2D eigenvalue weighted by Gasteiger charge is -2.25. The Hall–Kier alpha value is -0.260. The van der Waals surface area contributed by atoms with Crippen LogP contribution in [0.1, 0.15) is 21.7 Å². The Balaban J connectivity index is 3.47. The number of nitrogens with zero attached hydrogens (tertiary/aromatic N) is 1. The highest BCUT2D eigenvalue weighted by atomic mass is 31.1. The van der Waals surface area contributed by atoms with Gasteiger partial charge < -0.3 is 0 Å². The van der Waals surface area contributed by atoms with Gasteiger partial charge in [-0.15, -0.1) is 0 Å². The third kappa shape index (κ3) is 1.68. The van der Waals surface area contributed by atoms with Gasteiger partial charge in [-0.25, -0.2) is 0 Å². The Bertz CT molecular complexity index is 303. The Morgan fingerprint density at radius 1 is 0.769 bits per heavy atom. The molecule has 1 nitrogen and oxygen atoms in total. The van der Waals surface area contributed by atoms with E-state index in [2.05, 4.69) is 48.8 Å². The van der Waals surface area contributed by atoms with Crippen LogP contribution in [0, 0.1) is 27.7 Å². The van der Waals surface area contributed by atoms with Crippen LogP contribution in [0.2, 0.25) is 0 Å². The van der Waals surface area contributed by atoms with Gasteiger partial charge in [0, 0.05) is 10.6 Å². The summed E-state index contributed by atoms with van der Waals surface area (Å²) >= 11 is 0. The van der Waals surface area contributed by atoms with Crippen molar-refractivity contribution in [3.05, 3.63) is 21.7 Å². The fraction of sp³-hybridized carbons (Fsp3) is 0.636. The second-order valence-corrected chi connectivity index (χ2v) is 7.84. The van der Waals surface area contributed by atoms with Gasteiger partial charge in [0.2, 0.25) is 0 Å². The molecule has 0 aromatic carbocycles. The monoisotopic (exact) mass is 198 g/mol. The first-order valence-corrected chi connectivity index (χ1v) is 6.03. The maximum Gasteiger partial charge on any atom is 0.0851 e. The third-order valence-electron chi connectivity index (χ3n) is 2.88. The Labute approximate surface area is 83.1 Å². The Morgan fingerprint density at radius 3 is 1.23 bits per heavy atom. The Morgan fingerprint density at radius 2 is 1.08 bits per heavy atom. The van der Waals surface area contributed by atoms with E-state index >= 15 is 0 Å². The molecular formula is C11H21NP+. The molecule has 0 fully saturated rings. The number of rotatable bonds is 1. The highest BCUT2D eigenvalue weighted by Crippen LogP contribution is 2.46. The Kier molecular flexibility index (Phi) is 2.62. The molecule has 0 aliphatic heterocycles. The van der Waals surface area contributed by atoms with E-state index in [0.29, 0.717) is 0 Å². The van der Waals surface area contributed by atoms with Crippen LogP contribution in [0.25, 0.3) is 0 Å². The molecule has 74 valence electrons. The van der Waals surface area contributed by atoms with Crippen molar-refractivity contribution in [2.24, 2.45) is 0 Å². The van der Waals surface area contributed by atoms with E-state index in [0.717, 1.165) is 4.25 Å². The van der Waals surface area contributed by atoms with Crippen molar-refractivity contribution in [2.75, 3.05) is 21.1 Å². The summed E-state index contributed by atoms with van der Waals surface area (Å²) in [5.74, 6) is 0. The van der Waals surface area contributed by atoms with E-state index in [1.807, 2.05) is 0 Å². The van der Waals surface area contributed by atoms with Crippen molar-refractivity contribution in [3.8, 4) is 0 Å². The van der Waals surface area contributed by atoms with Crippen LogP contribution in [0.4, 0.5) is 0 Å². The van der Waals surface area contributed by atoms with E-state index < -0.39 is 0 Å². The van der Waals surface area contributed by atoms with E-state index in [9.17, 15) is 0 Å². The molecule has 1 rings (SSSR count). The minimum atomic E-state index is -0.0905. The van der Waals surface area contributed by atoms with Crippen molar-refractivity contribution >= 4 is 7.68 Å². The smallest absolute Gasteiger partial charge is 0.0851 e. The van der Waals surface area contributed by atoms with Crippen molar-refractivity contribution < 1.29 is 0 Å². The van der Waals surface area contributed by atoms with Crippen molar-refractivity contribution in [1.82, 2.24) is 4.25 Å². The van der Waals surface area contributed by atoms with Crippen LogP contribution in [0.5, 0.6) is 0 Å². The normalized spacial score (nSPS) is 12.2. The maximum absolute atomic E-state index is 2.30. The average molecular weight is 198 g/mol. The molecule has 0 unspecified atom stereocenters. The van der Waals surface area contributed by atoms with Crippen molar-refractivity contribution in [1.29, 1.82) is 0 Å². The summed E-state index contributed by atoms with van der Waals surface area (Å²) in [5, 5.41) is 3.22. The van der Waals surface area contributed by atoms with Crippen molar-refractivity contribution in [3.63, 3.8) is 0 Å². The fourth-order valence-electron chi connectivity index (χ4n) is 2.01. The van der Waals surface area contributed by atoms with Gasteiger partial charge in [0.15, 0.2) is 0 Å². The van der Waals surface area contributed by atoms with Crippen LogP contribution in [-0.4, -0.2) is 21.1 Å². The molecule has 0 N–H and O–H groups in total. The standard InChI is InChI=1S/C11H21NP/c1-8-9(2)11(4)13(10(8)3)12(5,6)7/h1-7H3/q+1. The molecule has 0 atom stereocenters. The van der Waals surface area contributed by atoms with Crippen LogP contribution in [0.15, 0.2) is 0 Å². The second-order valence-electron chi connectivity index (χ2n) is 4.67. The predicted octanol–water partition coefficient (Wildman–Crippen LogP) is 3.24. The molecule has 2 heteroatoms. The van der Waals surface area contributed by atoms with Crippen LogP contribution in [0.3, 0.4) is 0 Å². The van der Waals surface area contributed by atoms with Crippen LogP contribution >= 0.6 is 7.68 Å². The summed E-state index contributed by atoms with van der Waals surface area (Å²) in [4.78, 5) is 0. The highest BCUT2D eigenvalue weighted by molar-refractivity contribution is 7.51. The van der Waals surface area contributed by atoms with Crippen LogP contribution in [-0.2, 0) is 0 Å². The van der Waals surface area contributed by atoms with E-state index in [1.54, 1.807) is 10.6 Å². The molecule has 13 heavy (non-hydrogen) atoms. The molecule has 0 saturated carbocycles. The molecule has 0 aliphatic carbocycles. The summed E-state index contributed by atoms with van der Waals surface area (Å²) in [6.45, 7) is 9.10. The third-order valence-corrected chi connectivity index (χ3v) is 6.02. The van der Waals surface area contributed by atoms with E-state index in [4.69, 9.17) is 0 Å². The van der Waals surface area contributed by atoms with Gasteiger partial charge in [0.1, 0.15) is 0 Å². The zero-order chi connectivity index (χ0) is 10.4. The maximum atomic E-state index is 2.30. The lowest BCUT2D eigenvalue weighted by atomic mass is 10.2. The quantitative estimate of drug-likeness (QED) is 0.650. The summed E-state index contributed by atoms with van der Waals surface area (Å²) in [7, 11) is 6.80. The van der Waals surface area contributed by atoms with Gasteiger partial charge in [-0.2, -0.15) is 0 Å². The molecule has 1 aromatic rings. The SMILES string of the molecule is Cc1c(C)c(C)p([N+](C)(C)C)c1C. The highest BCUT2D eigenvalue weighted by Gasteiger charge is 2.23. The minimum absolute atomic E-state index is 0.0905. The summed E-state index contributed by atoms with van der Waals surface area (Å²) in [5.41, 5.74) is 3.05. The second kappa shape index (κ2) is 3.15. The molecule has 0 radical (unpaired) electrons. The minimum Gasteiger partial charge on any atom is -0.292 e. The number of quaternary nitrogens is 1. The summed E-state index contributed by atoms with van der Waals surface area (Å²) in [6.07, 6.45) is 0. The zero-order valence-corrected chi connectivity index (χ0v) is 10.8. The van der Waals surface area contributed by atoms with Gasteiger partial charge in [0.25, 0.3) is 0 Å². The first-order valence-electron chi connectivity index (χ1n) is 4.74. The topological polar surface area (TPSA) is 0 Å². The zero-order valence-electron chi connectivity index (χ0n) is 9.89. The van der Waals surface area contributed by atoms with Gasteiger partial charge in [-0.3, -0.25) is 4.25 Å². The molecule has 1 aromatic heterocycles. The average Bonchev–Trinajstić information content (AvgIpc) is 2.14. The van der Waals surface area contributed by atoms with E-state index in [-0.39, 0.29) is 7.68 Å². The lowest BCUT2D eigenvalue weighted by Crippen LogP contribution is -2.31. The molecule has 0 amide bonds. The number of hydrogen-bond acceptors (Lipinski definition) is 0. The predicted molar refractivity (Wildman–Crippen MR) is 63.4 cm³/mol. The molecule has 0 aliphatic rings. The lowest BCUT2D eigenvalue weighted by molar-refractivity contribution is 0.580. The summed E-state index contributed by atoms with van der Waals surface area (Å²) in [6, 6.07) is 0. The van der Waals surface area contributed by atoms with Gasteiger partial charge in [-0.05, 0) is 38.8 Å². The molecule has 1 heterocycles. The molecule has 0 spiro atoms. The summed E-state index contributed by atoms with van der Waals surface area (Å²) < 4.78 is 1.07. The first-order chi connectivity index (χ1) is 5.76. The van der Waals surface area contributed by atoms with Crippen LogP contribution < -0.4 is 4.25 Å². The molecule has 0 saturated heterocycles. The van der Waals surface area contributed by atoms with Gasteiger partial charge >= 0.3 is 0 Å². The van der Waals surface area contributed by atoms with Gasteiger partial charge in [-0.1, -0.05) is 0 Å². The fourth-order valence-corrected chi connectivity index (χ4v) is 5.29. The molecule has 0 bridgehead atoms. The first kappa shape index (κ1) is 10.8.